The molecule has 0 spiro atoms. The molecule has 0 aromatic rings. The Kier molecular flexibility index (Phi) is 3.06. The average Bonchev–Trinajstić information content (AvgIpc) is 2.04. The topological polar surface area (TPSA) is 55.4 Å². The van der Waals surface area contributed by atoms with Gasteiger partial charge in [0.25, 0.3) is 0 Å². The largest absolute Gasteiger partial charge is 0.465 e. The first-order chi connectivity index (χ1) is 6.15. The van der Waals surface area contributed by atoms with Crippen LogP contribution in [-0.2, 0) is 14.3 Å². The molecule has 0 saturated carbocycles. The summed E-state index contributed by atoms with van der Waals surface area (Å²) in [5.74, 6) is -1.37. The van der Waals surface area contributed by atoms with Gasteiger partial charge in [-0.05, 0) is 20.3 Å². The number of carbonyl (C=O) groups excluding carboxylic acids is 2. The highest BCUT2D eigenvalue weighted by atomic mass is 16.5. The van der Waals surface area contributed by atoms with E-state index in [-0.39, 0.29) is 5.91 Å². The van der Waals surface area contributed by atoms with Crippen LogP contribution in [0.3, 0.4) is 0 Å². The summed E-state index contributed by atoms with van der Waals surface area (Å²) in [6.45, 7) is 3.82. The quantitative estimate of drug-likeness (QED) is 0.503. The summed E-state index contributed by atoms with van der Waals surface area (Å²) >= 11 is 0. The summed E-state index contributed by atoms with van der Waals surface area (Å²) in [6.07, 6.45) is 2.26. The second kappa shape index (κ2) is 4.07. The van der Waals surface area contributed by atoms with Crippen LogP contribution < -0.4 is 5.32 Å². The van der Waals surface area contributed by atoms with Crippen molar-refractivity contribution >= 4 is 11.9 Å². The number of amides is 1. The van der Waals surface area contributed by atoms with Gasteiger partial charge in [-0.25, -0.2) is 0 Å². The molecule has 1 amide bonds. The molecule has 1 heterocycles. The van der Waals surface area contributed by atoms with Gasteiger partial charge >= 0.3 is 5.97 Å². The normalized spacial score (nSPS) is 21.8. The van der Waals surface area contributed by atoms with Crippen LogP contribution in [0.1, 0.15) is 20.3 Å². The van der Waals surface area contributed by atoms with Crippen molar-refractivity contribution in [2.24, 2.45) is 5.92 Å². The van der Waals surface area contributed by atoms with Crippen LogP contribution in [0.25, 0.3) is 0 Å². The van der Waals surface area contributed by atoms with Gasteiger partial charge < -0.3 is 10.1 Å². The summed E-state index contributed by atoms with van der Waals surface area (Å²) in [7, 11) is 0. The van der Waals surface area contributed by atoms with Gasteiger partial charge in [0.05, 0.1) is 6.61 Å². The van der Waals surface area contributed by atoms with E-state index in [2.05, 4.69) is 5.32 Å². The number of allylic oxidation sites excluding steroid dienone is 2. The van der Waals surface area contributed by atoms with E-state index in [4.69, 9.17) is 4.74 Å². The van der Waals surface area contributed by atoms with Crippen molar-refractivity contribution in [2.75, 3.05) is 6.61 Å². The minimum atomic E-state index is -0.663. The minimum absolute atomic E-state index is 0.265. The molecule has 0 aromatic carbocycles. The predicted molar refractivity (Wildman–Crippen MR) is 46.6 cm³/mol. The molecule has 0 aromatic heterocycles. The first-order valence-corrected chi connectivity index (χ1v) is 4.29. The third kappa shape index (κ3) is 2.31. The first-order valence-electron chi connectivity index (χ1n) is 4.29. The van der Waals surface area contributed by atoms with Gasteiger partial charge in [-0.3, -0.25) is 9.59 Å². The highest BCUT2D eigenvalue weighted by Crippen LogP contribution is 2.13. The molecule has 1 aliphatic heterocycles. The summed E-state index contributed by atoms with van der Waals surface area (Å²) in [6, 6.07) is 0. The molecule has 1 unspecified atom stereocenters. The molecule has 0 radical (unpaired) electrons. The van der Waals surface area contributed by atoms with Crippen LogP contribution in [0.2, 0.25) is 0 Å². The highest BCUT2D eigenvalue weighted by Gasteiger charge is 2.29. The first kappa shape index (κ1) is 9.77. The number of hydrogen-bond donors (Lipinski definition) is 1. The van der Waals surface area contributed by atoms with E-state index < -0.39 is 11.9 Å². The maximum absolute atomic E-state index is 11.3. The van der Waals surface area contributed by atoms with E-state index in [0.29, 0.717) is 13.0 Å². The van der Waals surface area contributed by atoms with Crippen molar-refractivity contribution < 1.29 is 14.3 Å². The van der Waals surface area contributed by atoms with E-state index >= 15 is 0 Å². The lowest BCUT2D eigenvalue weighted by atomic mass is 10.0. The van der Waals surface area contributed by atoms with Crippen LogP contribution in [-0.4, -0.2) is 18.5 Å². The van der Waals surface area contributed by atoms with Gasteiger partial charge in [-0.2, -0.15) is 0 Å². The smallest absolute Gasteiger partial charge is 0.318 e. The fourth-order valence-corrected chi connectivity index (χ4v) is 1.18. The molecular weight excluding hydrogens is 170 g/mol. The Hall–Kier alpha value is -1.32. The molecule has 4 heteroatoms. The monoisotopic (exact) mass is 183 g/mol. The van der Waals surface area contributed by atoms with E-state index in [9.17, 15) is 9.59 Å². The fourth-order valence-electron chi connectivity index (χ4n) is 1.18. The Bertz CT molecular complexity index is 258. The summed E-state index contributed by atoms with van der Waals surface area (Å²) in [5, 5.41) is 2.59. The predicted octanol–water partition coefficient (Wildman–Crippen LogP) is 0.589. The van der Waals surface area contributed by atoms with Crippen molar-refractivity contribution in [3.05, 3.63) is 11.8 Å². The highest BCUT2D eigenvalue weighted by molar-refractivity contribution is 5.99. The Morgan fingerprint density at radius 3 is 3.00 bits per heavy atom. The molecule has 1 atom stereocenters. The lowest BCUT2D eigenvalue weighted by Gasteiger charge is -2.18. The summed E-state index contributed by atoms with van der Waals surface area (Å²) in [5.41, 5.74) is 0.797. The van der Waals surface area contributed by atoms with E-state index in [1.807, 2.05) is 6.08 Å². The minimum Gasteiger partial charge on any atom is -0.465 e. The van der Waals surface area contributed by atoms with Crippen molar-refractivity contribution in [3.8, 4) is 0 Å². The van der Waals surface area contributed by atoms with Gasteiger partial charge in [0.1, 0.15) is 5.92 Å². The van der Waals surface area contributed by atoms with Crippen LogP contribution in [0, 0.1) is 5.92 Å². The van der Waals surface area contributed by atoms with E-state index in [0.717, 1.165) is 5.70 Å². The Morgan fingerprint density at radius 2 is 2.46 bits per heavy atom. The molecule has 0 bridgehead atoms. The SMILES string of the molecule is CCOC(=O)C1CC=C(C)NC1=O. The Morgan fingerprint density at radius 1 is 1.77 bits per heavy atom. The average molecular weight is 183 g/mol. The maximum atomic E-state index is 11.3. The summed E-state index contributed by atoms with van der Waals surface area (Å²) in [4.78, 5) is 22.5. The van der Waals surface area contributed by atoms with Gasteiger partial charge in [0, 0.05) is 5.70 Å². The number of esters is 1. The fraction of sp³-hybridized carbons (Fsp3) is 0.556. The lowest BCUT2D eigenvalue weighted by molar-refractivity contribution is -0.152. The van der Waals surface area contributed by atoms with Crippen LogP contribution >= 0.6 is 0 Å². The molecule has 1 aliphatic rings. The second-order valence-electron chi connectivity index (χ2n) is 2.92. The van der Waals surface area contributed by atoms with Crippen molar-refractivity contribution in [1.82, 2.24) is 5.32 Å². The molecule has 4 nitrogen and oxygen atoms in total. The van der Waals surface area contributed by atoms with Gasteiger partial charge in [0.15, 0.2) is 0 Å². The van der Waals surface area contributed by atoms with Crippen molar-refractivity contribution in [1.29, 1.82) is 0 Å². The van der Waals surface area contributed by atoms with Crippen LogP contribution in [0.5, 0.6) is 0 Å². The molecule has 0 aliphatic carbocycles. The van der Waals surface area contributed by atoms with E-state index in [1.54, 1.807) is 13.8 Å². The Balaban J connectivity index is 2.62. The number of rotatable bonds is 2. The number of nitrogens with one attached hydrogen (secondary N) is 1. The number of carbonyl (C=O) groups is 2. The molecule has 72 valence electrons. The van der Waals surface area contributed by atoms with Gasteiger partial charge in [-0.1, -0.05) is 6.08 Å². The van der Waals surface area contributed by atoms with Crippen LogP contribution in [0.15, 0.2) is 11.8 Å². The maximum Gasteiger partial charge on any atom is 0.318 e. The molecule has 0 saturated heterocycles. The second-order valence-corrected chi connectivity index (χ2v) is 2.92. The summed E-state index contributed by atoms with van der Waals surface area (Å²) < 4.78 is 4.76. The number of ether oxygens (including phenoxy) is 1. The van der Waals surface area contributed by atoms with Crippen molar-refractivity contribution in [2.45, 2.75) is 20.3 Å². The third-order valence-electron chi connectivity index (χ3n) is 1.87. The van der Waals surface area contributed by atoms with E-state index in [1.165, 1.54) is 0 Å². The number of hydrogen-bond acceptors (Lipinski definition) is 3. The molecule has 1 N–H and O–H groups in total. The molecule has 13 heavy (non-hydrogen) atoms. The van der Waals surface area contributed by atoms with Gasteiger partial charge in [-0.15, -0.1) is 0 Å². The molecule has 0 fully saturated rings. The zero-order chi connectivity index (χ0) is 9.84. The molecular formula is C9H13NO3. The lowest BCUT2D eigenvalue weighted by Crippen LogP contribution is -2.38. The zero-order valence-corrected chi connectivity index (χ0v) is 7.79. The van der Waals surface area contributed by atoms with Crippen molar-refractivity contribution in [3.63, 3.8) is 0 Å². The van der Waals surface area contributed by atoms with Gasteiger partial charge in [0.2, 0.25) is 5.91 Å². The van der Waals surface area contributed by atoms with Crippen LogP contribution in [0.4, 0.5) is 0 Å². The zero-order valence-electron chi connectivity index (χ0n) is 7.79. The Labute approximate surface area is 76.9 Å². The standard InChI is InChI=1S/C9H13NO3/c1-3-13-9(12)7-5-4-6(2)10-8(7)11/h4,7H,3,5H2,1-2H3,(H,10,11). The third-order valence-corrected chi connectivity index (χ3v) is 1.87. The molecule has 1 rings (SSSR count).